The fourth-order valence-electron chi connectivity index (χ4n) is 9.44. The zero-order chi connectivity index (χ0) is 33.5. The lowest BCUT2D eigenvalue weighted by Crippen LogP contribution is -2.15. The Morgan fingerprint density at radius 2 is 1.10 bits per heavy atom. The maximum Gasteiger partial charge on any atom is 0.0541 e. The van der Waals surface area contributed by atoms with E-state index in [2.05, 4.69) is 172 Å². The maximum atomic E-state index is 2.48. The van der Waals surface area contributed by atoms with Gasteiger partial charge in [-0.05, 0) is 92.5 Å². The summed E-state index contributed by atoms with van der Waals surface area (Å²) >= 11 is 1.93. The smallest absolute Gasteiger partial charge is 0.0541 e. The highest BCUT2D eigenvalue weighted by Crippen LogP contribution is 2.55. The molecule has 7 aromatic carbocycles. The first-order valence-corrected chi connectivity index (χ1v) is 18.5. The summed E-state index contributed by atoms with van der Waals surface area (Å²) in [5, 5.41) is 5.30. The minimum absolute atomic E-state index is 0.0220. The van der Waals surface area contributed by atoms with Gasteiger partial charge in [0.05, 0.1) is 11.0 Å². The molecule has 0 atom stereocenters. The lowest BCUT2D eigenvalue weighted by atomic mass is 9.81. The Morgan fingerprint density at radius 1 is 0.440 bits per heavy atom. The molecule has 0 aliphatic heterocycles. The van der Waals surface area contributed by atoms with E-state index in [1.807, 2.05) is 11.3 Å². The standard InChI is InChI=1S/C48H35NS/c1-47(2)38-14-8-5-11-31(38)32-20-17-29(26-40(32)47)28-18-24-43-37(25-28)33-12-6-9-15-42(33)49(43)30-19-21-36-41(27-30)48(3,4)39-23-22-35-34-13-7-10-16-44(34)50-46(35)45(36)39/h5-27H,1-4H3. The molecule has 0 N–H and O–H groups in total. The predicted molar refractivity (Wildman–Crippen MR) is 214 cm³/mol. The second-order valence-electron chi connectivity index (χ2n) is 15.3. The molecular weight excluding hydrogens is 623 g/mol. The second-order valence-corrected chi connectivity index (χ2v) is 16.4. The van der Waals surface area contributed by atoms with Crippen molar-refractivity contribution >= 4 is 53.3 Å². The molecule has 2 aromatic heterocycles. The highest BCUT2D eigenvalue weighted by Gasteiger charge is 2.38. The number of hydrogen-bond acceptors (Lipinski definition) is 1. The number of fused-ring (bicyclic) bond motifs is 13. The van der Waals surface area contributed by atoms with Crippen LogP contribution in [-0.2, 0) is 10.8 Å². The number of para-hydroxylation sites is 1. The topological polar surface area (TPSA) is 4.93 Å². The van der Waals surface area contributed by atoms with Crippen LogP contribution in [0, 0.1) is 0 Å². The van der Waals surface area contributed by atoms with E-state index in [0.29, 0.717) is 0 Å². The SMILES string of the molecule is CC1(C)c2ccccc2-c2ccc(-c3ccc4c(c3)c3ccccc3n4-c3ccc4c(c3)C(C)(C)c3ccc5c(sc6ccccc65)c3-4)cc21. The molecule has 0 saturated carbocycles. The van der Waals surface area contributed by atoms with Crippen molar-refractivity contribution < 1.29 is 0 Å². The maximum absolute atomic E-state index is 2.48. The normalized spacial score (nSPS) is 15.1. The van der Waals surface area contributed by atoms with Crippen molar-refractivity contribution in [2.45, 2.75) is 38.5 Å². The van der Waals surface area contributed by atoms with Gasteiger partial charge in [-0.15, -0.1) is 11.3 Å². The highest BCUT2D eigenvalue weighted by atomic mass is 32.1. The van der Waals surface area contributed by atoms with Crippen molar-refractivity contribution in [1.29, 1.82) is 0 Å². The van der Waals surface area contributed by atoms with Gasteiger partial charge in [-0.2, -0.15) is 0 Å². The van der Waals surface area contributed by atoms with Gasteiger partial charge in [0.2, 0.25) is 0 Å². The molecule has 0 saturated heterocycles. The number of rotatable bonds is 2. The van der Waals surface area contributed by atoms with Gasteiger partial charge in [0, 0.05) is 53.0 Å². The van der Waals surface area contributed by atoms with Gasteiger partial charge in [-0.25, -0.2) is 0 Å². The summed E-state index contributed by atoms with van der Waals surface area (Å²) in [6.07, 6.45) is 0. The van der Waals surface area contributed by atoms with Crippen LogP contribution in [0.25, 0.3) is 81.0 Å². The van der Waals surface area contributed by atoms with E-state index in [4.69, 9.17) is 0 Å². The summed E-state index contributed by atoms with van der Waals surface area (Å²) in [5.74, 6) is 0. The lowest BCUT2D eigenvalue weighted by molar-refractivity contribution is 0.660. The highest BCUT2D eigenvalue weighted by molar-refractivity contribution is 7.26. The third-order valence-corrected chi connectivity index (χ3v) is 13.2. The van der Waals surface area contributed by atoms with Crippen LogP contribution in [0.3, 0.4) is 0 Å². The van der Waals surface area contributed by atoms with E-state index in [1.165, 1.54) is 103 Å². The monoisotopic (exact) mass is 657 g/mol. The van der Waals surface area contributed by atoms with Crippen LogP contribution in [0.5, 0.6) is 0 Å². The van der Waals surface area contributed by atoms with E-state index in [9.17, 15) is 0 Å². The minimum atomic E-state index is -0.0992. The lowest BCUT2D eigenvalue weighted by Gasteiger charge is -2.22. The third kappa shape index (κ3) is 3.57. The zero-order valence-corrected chi connectivity index (χ0v) is 29.5. The molecular formula is C48H35NS. The van der Waals surface area contributed by atoms with Crippen molar-refractivity contribution in [2.75, 3.05) is 0 Å². The Balaban J connectivity index is 1.08. The predicted octanol–water partition coefficient (Wildman–Crippen LogP) is 13.4. The Bertz CT molecular complexity index is 2930. The Labute approximate surface area is 296 Å². The van der Waals surface area contributed by atoms with Crippen LogP contribution >= 0.6 is 11.3 Å². The molecule has 0 radical (unpaired) electrons. The summed E-state index contributed by atoms with van der Waals surface area (Å²) in [7, 11) is 0. The number of aromatic nitrogens is 1. The first kappa shape index (κ1) is 28.4. The average molecular weight is 658 g/mol. The third-order valence-electron chi connectivity index (χ3n) is 12.0. The number of benzene rings is 7. The Hall–Kier alpha value is -5.44. The number of nitrogens with zero attached hydrogens (tertiary/aromatic N) is 1. The van der Waals surface area contributed by atoms with E-state index >= 15 is 0 Å². The molecule has 0 unspecified atom stereocenters. The van der Waals surface area contributed by atoms with Crippen LogP contribution in [0.4, 0.5) is 0 Å². The van der Waals surface area contributed by atoms with Gasteiger partial charge in [0.1, 0.15) is 0 Å². The minimum Gasteiger partial charge on any atom is -0.309 e. The molecule has 2 heterocycles. The fourth-order valence-corrected chi connectivity index (χ4v) is 10.7. The first-order valence-electron chi connectivity index (χ1n) is 17.7. The Morgan fingerprint density at radius 3 is 2.00 bits per heavy atom. The van der Waals surface area contributed by atoms with Crippen molar-refractivity contribution in [1.82, 2.24) is 4.57 Å². The molecule has 0 fully saturated rings. The van der Waals surface area contributed by atoms with Crippen molar-refractivity contribution in [3.63, 3.8) is 0 Å². The van der Waals surface area contributed by atoms with E-state index in [0.717, 1.165) is 0 Å². The van der Waals surface area contributed by atoms with Crippen molar-refractivity contribution in [3.8, 4) is 39.1 Å². The van der Waals surface area contributed by atoms with E-state index in [-0.39, 0.29) is 10.8 Å². The summed E-state index contributed by atoms with van der Waals surface area (Å²) in [6.45, 7) is 9.52. The van der Waals surface area contributed by atoms with Crippen LogP contribution in [0.2, 0.25) is 0 Å². The van der Waals surface area contributed by atoms with Gasteiger partial charge < -0.3 is 4.57 Å². The molecule has 2 aliphatic rings. The fraction of sp³-hybridized carbons (Fsp3) is 0.125. The summed E-state index contributed by atoms with van der Waals surface area (Å²) in [4.78, 5) is 0. The van der Waals surface area contributed by atoms with Gasteiger partial charge in [0.25, 0.3) is 0 Å². The molecule has 2 aliphatic carbocycles. The second kappa shape index (κ2) is 9.62. The van der Waals surface area contributed by atoms with E-state index < -0.39 is 0 Å². The average Bonchev–Trinajstić information content (AvgIpc) is 3.82. The largest absolute Gasteiger partial charge is 0.309 e. The van der Waals surface area contributed by atoms with Crippen LogP contribution in [0.15, 0.2) is 140 Å². The van der Waals surface area contributed by atoms with Gasteiger partial charge in [-0.3, -0.25) is 0 Å². The Kier molecular flexibility index (Phi) is 5.47. The molecule has 2 heteroatoms. The van der Waals surface area contributed by atoms with Gasteiger partial charge >= 0.3 is 0 Å². The summed E-state index contributed by atoms with van der Waals surface area (Å²) in [6, 6.07) is 52.7. The molecule has 11 rings (SSSR count). The molecule has 0 spiro atoms. The molecule has 50 heavy (non-hydrogen) atoms. The summed E-state index contributed by atoms with van der Waals surface area (Å²) < 4.78 is 5.24. The van der Waals surface area contributed by atoms with E-state index in [1.54, 1.807) is 0 Å². The zero-order valence-electron chi connectivity index (χ0n) is 28.6. The van der Waals surface area contributed by atoms with Crippen LogP contribution < -0.4 is 0 Å². The first-order chi connectivity index (χ1) is 24.3. The molecule has 9 aromatic rings. The molecule has 238 valence electrons. The van der Waals surface area contributed by atoms with Crippen LogP contribution in [0.1, 0.15) is 49.9 Å². The van der Waals surface area contributed by atoms with Gasteiger partial charge in [-0.1, -0.05) is 125 Å². The van der Waals surface area contributed by atoms with Gasteiger partial charge in [0.15, 0.2) is 0 Å². The molecule has 0 bridgehead atoms. The quantitative estimate of drug-likeness (QED) is 0.174. The summed E-state index contributed by atoms with van der Waals surface area (Å²) in [5.41, 5.74) is 17.3. The van der Waals surface area contributed by atoms with Crippen LogP contribution in [-0.4, -0.2) is 4.57 Å². The number of hydrogen-bond donors (Lipinski definition) is 0. The number of thiophene rings is 1. The molecule has 0 amide bonds. The molecule has 1 nitrogen and oxygen atoms in total. The van der Waals surface area contributed by atoms with Crippen molar-refractivity contribution in [2.24, 2.45) is 0 Å². The van der Waals surface area contributed by atoms with Crippen molar-refractivity contribution in [3.05, 3.63) is 162 Å².